The average Bonchev–Trinajstić information content (AvgIpc) is 3.20. The molecule has 0 bridgehead atoms. The van der Waals surface area contributed by atoms with Gasteiger partial charge in [0.2, 0.25) is 0 Å². The van der Waals surface area contributed by atoms with Crippen molar-refractivity contribution in [1.82, 2.24) is 4.98 Å². The van der Waals surface area contributed by atoms with Gasteiger partial charge in [0.25, 0.3) is 0 Å². The quantitative estimate of drug-likeness (QED) is 0.660. The summed E-state index contributed by atoms with van der Waals surface area (Å²) in [7, 11) is 3.07. The van der Waals surface area contributed by atoms with Crippen LogP contribution < -0.4 is 14.4 Å². The van der Waals surface area contributed by atoms with Crippen LogP contribution in [-0.4, -0.2) is 36.7 Å². The maximum atomic E-state index is 10.6. The summed E-state index contributed by atoms with van der Waals surface area (Å²) in [5.74, 6) is 1.21. The fourth-order valence-corrected chi connectivity index (χ4v) is 4.40. The number of hydrogen-bond acceptors (Lipinski definition) is 6. The van der Waals surface area contributed by atoms with Crippen LogP contribution in [0, 0.1) is 5.41 Å². The highest BCUT2D eigenvalue weighted by Crippen LogP contribution is 2.43. The number of halogens is 1. The molecule has 0 fully saturated rings. The molecule has 2 heterocycles. The highest BCUT2D eigenvalue weighted by molar-refractivity contribution is 7.19. The van der Waals surface area contributed by atoms with Gasteiger partial charge in [0.15, 0.2) is 0 Å². The Morgan fingerprint density at radius 1 is 1.22 bits per heavy atom. The number of fused-ring (bicyclic) bond motifs is 1. The number of thiazole rings is 1. The third-order valence-corrected chi connectivity index (χ3v) is 5.68. The number of aliphatic hydroxyl groups excluding tert-OH is 1. The van der Waals surface area contributed by atoms with Crippen molar-refractivity contribution < 1.29 is 14.6 Å². The highest BCUT2D eigenvalue weighted by Gasteiger charge is 2.34. The minimum absolute atomic E-state index is 0.0768. The van der Waals surface area contributed by atoms with Crippen LogP contribution >= 0.6 is 22.9 Å². The maximum absolute atomic E-state index is 10.6. The number of benzene rings is 2. The minimum atomic E-state index is 0.0768. The molecule has 0 spiro atoms. The zero-order chi connectivity index (χ0) is 19.1. The first-order chi connectivity index (χ1) is 13.0. The molecule has 0 saturated heterocycles. The van der Waals surface area contributed by atoms with Gasteiger partial charge in [-0.2, -0.15) is 0 Å². The van der Waals surface area contributed by atoms with E-state index >= 15 is 0 Å². The Morgan fingerprint density at radius 3 is 2.70 bits per heavy atom. The van der Waals surface area contributed by atoms with Crippen LogP contribution in [0.1, 0.15) is 5.01 Å². The molecule has 138 valence electrons. The molecule has 1 aromatic heterocycles. The molecule has 2 aromatic carbocycles. The zero-order valence-electron chi connectivity index (χ0n) is 14.6. The molecule has 0 atom stereocenters. The first-order valence-corrected chi connectivity index (χ1v) is 9.29. The Morgan fingerprint density at radius 2 is 2.00 bits per heavy atom. The minimum Gasteiger partial charge on any atom is -0.510 e. The van der Waals surface area contributed by atoms with E-state index in [1.807, 2.05) is 24.3 Å². The lowest BCUT2D eigenvalue weighted by atomic mass is 10.2. The molecule has 3 aromatic rings. The van der Waals surface area contributed by atoms with E-state index in [1.54, 1.807) is 24.1 Å². The van der Waals surface area contributed by atoms with E-state index in [4.69, 9.17) is 26.5 Å². The van der Waals surface area contributed by atoms with E-state index in [0.717, 1.165) is 10.2 Å². The SMILES string of the molecule is COc1cc(Cl)c(N2CC(O)=C(c3nc4ccccc4s3)C2=N)c(OC)c1. The molecule has 0 amide bonds. The Balaban J connectivity index is 1.76. The highest BCUT2D eigenvalue weighted by atomic mass is 35.5. The van der Waals surface area contributed by atoms with Crippen LogP contribution in [0.4, 0.5) is 5.69 Å². The van der Waals surface area contributed by atoms with Gasteiger partial charge in [-0.3, -0.25) is 5.41 Å². The first kappa shape index (κ1) is 17.6. The smallest absolute Gasteiger partial charge is 0.147 e. The Labute approximate surface area is 164 Å². The van der Waals surface area contributed by atoms with Crippen molar-refractivity contribution in [1.29, 1.82) is 5.41 Å². The number of ether oxygens (including phenoxy) is 2. The van der Waals surface area contributed by atoms with Gasteiger partial charge in [-0.1, -0.05) is 23.7 Å². The summed E-state index contributed by atoms with van der Waals surface area (Å²) in [5, 5.41) is 20.2. The van der Waals surface area contributed by atoms with E-state index in [2.05, 4.69) is 4.98 Å². The Hall–Kier alpha value is -2.77. The van der Waals surface area contributed by atoms with Crippen LogP contribution in [0.5, 0.6) is 11.5 Å². The fourth-order valence-electron chi connectivity index (χ4n) is 3.06. The fraction of sp³-hybridized carbons (Fsp3) is 0.158. The van der Waals surface area contributed by atoms with Crippen LogP contribution in [0.3, 0.4) is 0 Å². The van der Waals surface area contributed by atoms with Gasteiger partial charge in [0.1, 0.15) is 33.8 Å². The second kappa shape index (κ2) is 6.75. The van der Waals surface area contributed by atoms with Gasteiger partial charge < -0.3 is 19.5 Å². The molecule has 1 aliphatic rings. The van der Waals surface area contributed by atoms with Crippen molar-refractivity contribution in [2.75, 3.05) is 25.7 Å². The largest absolute Gasteiger partial charge is 0.510 e. The van der Waals surface area contributed by atoms with E-state index < -0.39 is 0 Å². The van der Waals surface area contributed by atoms with Gasteiger partial charge in [-0.05, 0) is 12.1 Å². The van der Waals surface area contributed by atoms with Crippen LogP contribution in [0.2, 0.25) is 5.02 Å². The predicted octanol–water partition coefficient (Wildman–Crippen LogP) is 4.73. The van der Waals surface area contributed by atoms with Crippen molar-refractivity contribution >= 4 is 50.3 Å². The van der Waals surface area contributed by atoms with E-state index in [0.29, 0.717) is 32.8 Å². The topological polar surface area (TPSA) is 78.7 Å². The lowest BCUT2D eigenvalue weighted by Gasteiger charge is -2.23. The summed E-state index contributed by atoms with van der Waals surface area (Å²) in [5.41, 5.74) is 1.75. The number of hydrogen-bond donors (Lipinski definition) is 2. The van der Waals surface area contributed by atoms with Crippen molar-refractivity contribution in [3.05, 3.63) is 52.2 Å². The monoisotopic (exact) mass is 401 g/mol. The number of aromatic nitrogens is 1. The summed E-state index contributed by atoms with van der Waals surface area (Å²) in [6.07, 6.45) is 0. The Kier molecular flexibility index (Phi) is 4.41. The molecule has 2 N–H and O–H groups in total. The number of amidine groups is 1. The molecule has 0 saturated carbocycles. The van der Waals surface area contributed by atoms with Gasteiger partial charge in [-0.15, -0.1) is 11.3 Å². The number of anilines is 1. The summed E-state index contributed by atoms with van der Waals surface area (Å²) in [6.45, 7) is 0.118. The maximum Gasteiger partial charge on any atom is 0.147 e. The average molecular weight is 402 g/mol. The van der Waals surface area contributed by atoms with E-state index in [-0.39, 0.29) is 18.1 Å². The summed E-state index contributed by atoms with van der Waals surface area (Å²) < 4.78 is 11.7. The molecule has 1 aliphatic heterocycles. The summed E-state index contributed by atoms with van der Waals surface area (Å²) in [4.78, 5) is 6.17. The standard InChI is InChI=1S/C19H16ClN3O3S/c1-25-10-7-11(20)17(14(8-10)26-2)23-9-13(24)16(18(23)21)19-22-12-5-3-4-6-15(12)27-19/h3-8,21,24H,9H2,1-2H3. The number of rotatable bonds is 4. The molecular weight excluding hydrogens is 386 g/mol. The van der Waals surface area contributed by atoms with Crippen molar-refractivity contribution in [3.63, 3.8) is 0 Å². The van der Waals surface area contributed by atoms with Crippen LogP contribution in [0.25, 0.3) is 15.8 Å². The van der Waals surface area contributed by atoms with E-state index in [1.165, 1.54) is 18.4 Å². The molecule has 6 nitrogen and oxygen atoms in total. The Bertz CT molecular complexity index is 1060. The third-order valence-electron chi connectivity index (χ3n) is 4.34. The van der Waals surface area contributed by atoms with E-state index in [9.17, 15) is 5.11 Å². The second-order valence-electron chi connectivity index (χ2n) is 5.90. The number of aliphatic hydroxyl groups is 1. The van der Waals surface area contributed by atoms with Crippen molar-refractivity contribution in [2.45, 2.75) is 0 Å². The normalized spacial score (nSPS) is 14.3. The number of nitrogens with one attached hydrogen (secondary N) is 1. The van der Waals surface area contributed by atoms with Gasteiger partial charge in [0, 0.05) is 12.1 Å². The molecular formula is C19H16ClN3O3S. The molecule has 0 aliphatic carbocycles. The predicted molar refractivity (Wildman–Crippen MR) is 109 cm³/mol. The molecule has 27 heavy (non-hydrogen) atoms. The lowest BCUT2D eigenvalue weighted by molar-refractivity contribution is 0.393. The van der Waals surface area contributed by atoms with Crippen molar-refractivity contribution in [3.8, 4) is 11.5 Å². The van der Waals surface area contributed by atoms with Crippen LogP contribution in [0.15, 0.2) is 42.2 Å². The third kappa shape index (κ3) is 2.89. The molecule has 8 heteroatoms. The van der Waals surface area contributed by atoms with Crippen LogP contribution in [-0.2, 0) is 0 Å². The zero-order valence-corrected chi connectivity index (χ0v) is 16.2. The van der Waals surface area contributed by atoms with Crippen molar-refractivity contribution in [2.24, 2.45) is 0 Å². The second-order valence-corrected chi connectivity index (χ2v) is 7.34. The summed E-state index contributed by atoms with van der Waals surface area (Å²) in [6, 6.07) is 11.1. The van der Waals surface area contributed by atoms with Gasteiger partial charge >= 0.3 is 0 Å². The number of methoxy groups -OCH3 is 2. The van der Waals surface area contributed by atoms with Gasteiger partial charge in [0.05, 0.1) is 41.6 Å². The first-order valence-electron chi connectivity index (χ1n) is 8.09. The van der Waals surface area contributed by atoms with Gasteiger partial charge in [-0.25, -0.2) is 4.98 Å². The molecule has 0 radical (unpaired) electrons. The lowest BCUT2D eigenvalue weighted by Crippen LogP contribution is -2.27. The molecule has 0 unspecified atom stereocenters. The molecule has 4 rings (SSSR count). The number of nitrogens with zero attached hydrogens (tertiary/aromatic N) is 2. The number of para-hydroxylation sites is 1. The summed E-state index contributed by atoms with van der Waals surface area (Å²) >= 11 is 7.87.